The number of pyridine rings is 1. The number of anilines is 3. The Morgan fingerprint density at radius 3 is 2.50 bits per heavy atom. The molecular weight excluding hydrogens is 604 g/mol. The van der Waals surface area contributed by atoms with Gasteiger partial charge in [0.2, 0.25) is 0 Å². The molecule has 0 aliphatic carbocycles. The highest BCUT2D eigenvalue weighted by molar-refractivity contribution is 9.10. The van der Waals surface area contributed by atoms with Crippen LogP contribution in [0.4, 0.5) is 17.1 Å². The summed E-state index contributed by atoms with van der Waals surface area (Å²) >= 11 is 3.23. The summed E-state index contributed by atoms with van der Waals surface area (Å²) in [5.74, 6) is -0.994. The Morgan fingerprint density at radius 2 is 1.71 bits per heavy atom. The number of nitrogens with one attached hydrogen (secondary N) is 2. The molecule has 2 aromatic carbocycles. The Kier molecular flexibility index (Phi) is 7.42. The lowest BCUT2D eigenvalue weighted by Crippen LogP contribution is -2.47. The number of esters is 1. The van der Waals surface area contributed by atoms with Gasteiger partial charge in [0.1, 0.15) is 0 Å². The number of furan rings is 1. The number of hydrogen-bond donors (Lipinski definition) is 2. The van der Waals surface area contributed by atoms with Crippen LogP contribution in [0.25, 0.3) is 0 Å². The number of carbonyl (C=O) groups is 3. The van der Waals surface area contributed by atoms with Crippen LogP contribution in [-0.4, -0.2) is 42.6 Å². The van der Waals surface area contributed by atoms with Crippen molar-refractivity contribution in [2.75, 3.05) is 35.7 Å². The van der Waals surface area contributed by atoms with Crippen molar-refractivity contribution >= 4 is 50.8 Å². The van der Waals surface area contributed by atoms with Gasteiger partial charge in [-0.1, -0.05) is 18.2 Å². The van der Waals surface area contributed by atoms with Crippen LogP contribution in [0.15, 0.2) is 86.7 Å². The second kappa shape index (κ2) is 11.3. The van der Waals surface area contributed by atoms with Crippen LogP contribution < -0.4 is 21.1 Å². The van der Waals surface area contributed by atoms with Crippen LogP contribution in [0.2, 0.25) is 0 Å². The molecule has 4 heterocycles. The highest BCUT2D eigenvalue weighted by atomic mass is 79.9. The molecule has 214 valence electrons. The first-order valence-electron chi connectivity index (χ1n) is 13.4. The number of fused-ring (bicyclic) bond motifs is 4. The van der Waals surface area contributed by atoms with E-state index < -0.39 is 17.8 Å². The summed E-state index contributed by atoms with van der Waals surface area (Å²) in [6, 6.07) is 20.3. The van der Waals surface area contributed by atoms with Crippen LogP contribution in [0.3, 0.4) is 0 Å². The summed E-state index contributed by atoms with van der Waals surface area (Å²) < 4.78 is 12.6. The Bertz CT molecular complexity index is 1760. The van der Waals surface area contributed by atoms with Gasteiger partial charge in [0.25, 0.3) is 17.4 Å². The van der Waals surface area contributed by atoms with Gasteiger partial charge in [-0.05, 0) is 76.8 Å². The lowest BCUT2D eigenvalue weighted by atomic mass is 9.83. The van der Waals surface area contributed by atoms with Crippen LogP contribution in [-0.2, 0) is 11.3 Å². The molecule has 4 aromatic rings. The van der Waals surface area contributed by atoms with Gasteiger partial charge in [0, 0.05) is 42.9 Å². The number of nitrogens with zero attached hydrogens (tertiary/aromatic N) is 2. The van der Waals surface area contributed by atoms with E-state index in [1.54, 1.807) is 60.7 Å². The van der Waals surface area contributed by atoms with Crippen molar-refractivity contribution in [2.24, 2.45) is 5.92 Å². The predicted octanol–water partition coefficient (Wildman–Crippen LogP) is 5.12. The molecule has 6 rings (SSSR count). The highest BCUT2D eigenvalue weighted by Gasteiger charge is 2.35. The summed E-state index contributed by atoms with van der Waals surface area (Å²) in [4.78, 5) is 53.4. The average Bonchev–Trinajstić information content (AvgIpc) is 3.44. The van der Waals surface area contributed by atoms with Gasteiger partial charge < -0.3 is 29.3 Å². The first-order valence-corrected chi connectivity index (χ1v) is 14.2. The van der Waals surface area contributed by atoms with Crippen molar-refractivity contribution in [3.63, 3.8) is 0 Å². The van der Waals surface area contributed by atoms with Crippen LogP contribution in [0.1, 0.15) is 49.3 Å². The third kappa shape index (κ3) is 5.35. The molecular formula is C31H27BrN4O6. The fourth-order valence-corrected chi connectivity index (χ4v) is 6.15. The normalized spacial score (nSPS) is 17.2. The fraction of sp³-hybridized carbons (Fsp3) is 0.226. The number of para-hydroxylation sites is 1. The van der Waals surface area contributed by atoms with Crippen molar-refractivity contribution in [1.29, 1.82) is 0 Å². The number of piperidine rings is 1. The highest BCUT2D eigenvalue weighted by Crippen LogP contribution is 2.39. The zero-order valence-electron chi connectivity index (χ0n) is 22.6. The third-order valence-corrected chi connectivity index (χ3v) is 8.13. The smallest absolute Gasteiger partial charge is 0.339 e. The number of aromatic nitrogens is 1. The number of halogens is 1. The molecule has 0 saturated carbocycles. The van der Waals surface area contributed by atoms with E-state index >= 15 is 0 Å². The summed E-state index contributed by atoms with van der Waals surface area (Å²) in [6.45, 7) is 1.96. The van der Waals surface area contributed by atoms with Crippen molar-refractivity contribution in [2.45, 2.75) is 18.9 Å². The van der Waals surface area contributed by atoms with Gasteiger partial charge >= 0.3 is 5.97 Å². The maximum Gasteiger partial charge on any atom is 0.339 e. The maximum absolute atomic E-state index is 13.4. The molecule has 1 saturated heterocycles. The molecule has 1 fully saturated rings. The molecule has 10 nitrogen and oxygen atoms in total. The van der Waals surface area contributed by atoms with Gasteiger partial charge in [-0.15, -0.1) is 0 Å². The molecule has 2 N–H and O–H groups in total. The van der Waals surface area contributed by atoms with Crippen molar-refractivity contribution < 1.29 is 23.5 Å². The molecule has 0 radical (unpaired) electrons. The minimum atomic E-state index is -0.571. The zero-order chi connectivity index (χ0) is 29.4. The standard InChI is InChI=1S/C31H27BrN4O6/c1-41-31(40)21-5-2-3-6-22(21)33-29(38)19-9-10-25(23(14-19)34-30(39)26-11-12-27(32)42-26)35-15-18-13-20(17-35)24-7-4-8-28(37)36(24)16-18/h2-12,14,18,20H,13,15-17H2,1H3,(H,33,38)(H,34,39)/t18-,20+/m1/s1. The number of amides is 2. The molecule has 42 heavy (non-hydrogen) atoms. The van der Waals surface area contributed by atoms with Crippen LogP contribution in [0.5, 0.6) is 0 Å². The van der Waals surface area contributed by atoms with E-state index in [4.69, 9.17) is 9.15 Å². The van der Waals surface area contributed by atoms with Gasteiger partial charge in [-0.2, -0.15) is 0 Å². The topological polar surface area (TPSA) is 123 Å². The first-order chi connectivity index (χ1) is 20.3. The molecule has 2 atom stereocenters. The van der Waals surface area contributed by atoms with Crippen LogP contribution in [0, 0.1) is 5.92 Å². The fourth-order valence-electron chi connectivity index (χ4n) is 5.84. The minimum Gasteiger partial charge on any atom is -0.465 e. The molecule has 2 aliphatic rings. The maximum atomic E-state index is 13.4. The number of carbonyl (C=O) groups excluding carboxylic acids is 3. The van der Waals surface area contributed by atoms with E-state index in [2.05, 4.69) is 31.5 Å². The van der Waals surface area contributed by atoms with Crippen molar-refractivity contribution in [1.82, 2.24) is 4.57 Å². The van der Waals surface area contributed by atoms with Gasteiger partial charge in [-0.25, -0.2) is 4.79 Å². The third-order valence-electron chi connectivity index (χ3n) is 7.70. The van der Waals surface area contributed by atoms with E-state index in [1.807, 2.05) is 16.7 Å². The van der Waals surface area contributed by atoms with Gasteiger partial charge in [-0.3, -0.25) is 14.4 Å². The Balaban J connectivity index is 1.33. The molecule has 0 unspecified atom stereocenters. The Morgan fingerprint density at radius 1 is 0.905 bits per heavy atom. The number of hydrogen-bond acceptors (Lipinski definition) is 7. The number of ether oxygens (including phenoxy) is 1. The Labute approximate surface area is 249 Å². The average molecular weight is 631 g/mol. The Hall–Kier alpha value is -4.64. The number of rotatable bonds is 6. The number of methoxy groups -OCH3 is 1. The number of benzene rings is 2. The zero-order valence-corrected chi connectivity index (χ0v) is 24.2. The second-order valence-corrected chi connectivity index (χ2v) is 11.2. The second-order valence-electron chi connectivity index (χ2n) is 10.4. The molecule has 2 aromatic heterocycles. The molecule has 2 aliphatic heterocycles. The summed E-state index contributed by atoms with van der Waals surface area (Å²) in [7, 11) is 1.28. The lowest BCUT2D eigenvalue weighted by Gasteiger charge is -2.44. The molecule has 2 bridgehead atoms. The summed E-state index contributed by atoms with van der Waals surface area (Å²) in [6.07, 6.45) is 0.974. The molecule has 2 amide bonds. The predicted molar refractivity (Wildman–Crippen MR) is 160 cm³/mol. The van der Waals surface area contributed by atoms with E-state index in [9.17, 15) is 19.2 Å². The van der Waals surface area contributed by atoms with Gasteiger partial charge in [0.15, 0.2) is 10.4 Å². The lowest BCUT2D eigenvalue weighted by molar-refractivity contribution is 0.0601. The van der Waals surface area contributed by atoms with Crippen molar-refractivity contribution in [3.8, 4) is 0 Å². The van der Waals surface area contributed by atoms with E-state index in [0.29, 0.717) is 35.7 Å². The summed E-state index contributed by atoms with van der Waals surface area (Å²) in [5, 5.41) is 5.71. The molecule has 0 spiro atoms. The van der Waals surface area contributed by atoms with E-state index in [1.165, 1.54) is 7.11 Å². The summed E-state index contributed by atoms with van der Waals surface area (Å²) in [5.41, 5.74) is 3.02. The largest absolute Gasteiger partial charge is 0.465 e. The monoisotopic (exact) mass is 630 g/mol. The first kappa shape index (κ1) is 27.5. The van der Waals surface area contributed by atoms with Crippen LogP contribution >= 0.6 is 15.9 Å². The van der Waals surface area contributed by atoms with E-state index in [0.717, 1.165) is 17.8 Å². The van der Waals surface area contributed by atoms with Gasteiger partial charge in [0.05, 0.1) is 29.7 Å². The quantitative estimate of drug-likeness (QED) is 0.284. The minimum absolute atomic E-state index is 0.0114. The van der Waals surface area contributed by atoms with E-state index in [-0.39, 0.29) is 34.3 Å². The molecule has 11 heteroatoms. The van der Waals surface area contributed by atoms with Crippen molar-refractivity contribution in [3.05, 3.63) is 110 Å². The SMILES string of the molecule is COC(=O)c1ccccc1NC(=O)c1ccc(N2C[C@H]3C[C@@H](C2)c2cccc(=O)n2C3)c(NC(=O)c2ccc(Br)o2)c1.